The minimum Gasteiger partial charge on any atom is -0.505 e. The van der Waals surface area contributed by atoms with Crippen LogP contribution in [0.5, 0.6) is 5.75 Å². The molecule has 1 heterocycles. The van der Waals surface area contributed by atoms with E-state index in [4.69, 9.17) is 5.11 Å². The van der Waals surface area contributed by atoms with E-state index in [2.05, 4.69) is 10.2 Å². The summed E-state index contributed by atoms with van der Waals surface area (Å²) >= 11 is 0. The van der Waals surface area contributed by atoms with Gasteiger partial charge in [-0.25, -0.2) is 4.39 Å². The summed E-state index contributed by atoms with van der Waals surface area (Å²) in [4.78, 5) is 2.18. The van der Waals surface area contributed by atoms with E-state index >= 15 is 0 Å². The molecule has 1 unspecified atom stereocenters. The largest absolute Gasteiger partial charge is 0.505 e. The van der Waals surface area contributed by atoms with E-state index in [0.29, 0.717) is 0 Å². The second-order valence-electron chi connectivity index (χ2n) is 3.91. The molecule has 0 amide bonds. The van der Waals surface area contributed by atoms with Gasteiger partial charge < -0.3 is 10.4 Å². The Morgan fingerprint density at radius 1 is 1.53 bits per heavy atom. The van der Waals surface area contributed by atoms with Crippen molar-refractivity contribution in [2.24, 2.45) is 0 Å². The first kappa shape index (κ1) is 10.4. The van der Waals surface area contributed by atoms with Crippen LogP contribution in [-0.4, -0.2) is 36.7 Å². The summed E-state index contributed by atoms with van der Waals surface area (Å²) in [6, 6.07) is 4.78. The summed E-state index contributed by atoms with van der Waals surface area (Å²) < 4.78 is 13.2. The monoisotopic (exact) mass is 210 g/mol. The lowest BCUT2D eigenvalue weighted by Gasteiger charge is -2.33. The molecule has 1 aromatic rings. The number of piperazine rings is 1. The van der Waals surface area contributed by atoms with Gasteiger partial charge in [-0.15, -0.1) is 0 Å². The Labute approximate surface area is 88.5 Å². The van der Waals surface area contributed by atoms with Gasteiger partial charge in [0.15, 0.2) is 11.6 Å². The summed E-state index contributed by atoms with van der Waals surface area (Å²) in [5.41, 5.74) is 0.903. The molecule has 1 aliphatic heterocycles. The smallest absolute Gasteiger partial charge is 0.165 e. The summed E-state index contributed by atoms with van der Waals surface area (Å²) in [6.45, 7) is 2.74. The minimum absolute atomic E-state index is 0.189. The summed E-state index contributed by atoms with van der Waals surface area (Å²) in [6.07, 6.45) is 0. The van der Waals surface area contributed by atoms with Crippen molar-refractivity contribution in [2.75, 3.05) is 26.7 Å². The predicted octanol–water partition coefficient (Wildman–Crippen LogP) is 1.11. The molecule has 0 aliphatic carbocycles. The predicted molar refractivity (Wildman–Crippen MR) is 56.3 cm³/mol. The molecule has 0 bridgehead atoms. The van der Waals surface area contributed by atoms with Crippen molar-refractivity contribution in [1.29, 1.82) is 0 Å². The first-order chi connectivity index (χ1) is 7.18. The fourth-order valence-corrected chi connectivity index (χ4v) is 1.91. The highest BCUT2D eigenvalue weighted by Gasteiger charge is 2.20. The molecule has 2 N–H and O–H groups in total. The van der Waals surface area contributed by atoms with Crippen LogP contribution in [0.15, 0.2) is 18.2 Å². The second-order valence-corrected chi connectivity index (χ2v) is 3.91. The maximum absolute atomic E-state index is 13.2. The minimum atomic E-state index is -0.550. The number of hydrogen-bond acceptors (Lipinski definition) is 3. The average Bonchev–Trinajstić information content (AvgIpc) is 2.23. The van der Waals surface area contributed by atoms with Crippen LogP contribution in [0.3, 0.4) is 0 Å². The Balaban J connectivity index is 2.24. The summed E-state index contributed by atoms with van der Waals surface area (Å²) in [5, 5.41) is 12.4. The molecule has 82 valence electrons. The quantitative estimate of drug-likeness (QED) is 0.728. The van der Waals surface area contributed by atoms with Crippen molar-refractivity contribution >= 4 is 0 Å². The average molecular weight is 210 g/mol. The van der Waals surface area contributed by atoms with Crippen molar-refractivity contribution in [1.82, 2.24) is 10.2 Å². The van der Waals surface area contributed by atoms with Crippen molar-refractivity contribution in [3.8, 4) is 5.75 Å². The van der Waals surface area contributed by atoms with Gasteiger partial charge in [0.1, 0.15) is 0 Å². The SMILES string of the molecule is CN1CCNCC1c1ccc(O)c(F)c1. The van der Waals surface area contributed by atoms with E-state index < -0.39 is 5.82 Å². The number of rotatable bonds is 1. The fraction of sp³-hybridized carbons (Fsp3) is 0.455. The molecule has 1 saturated heterocycles. The summed E-state index contributed by atoms with van der Waals surface area (Å²) in [7, 11) is 2.02. The third-order valence-electron chi connectivity index (χ3n) is 2.87. The Kier molecular flexibility index (Phi) is 2.88. The van der Waals surface area contributed by atoms with E-state index in [-0.39, 0.29) is 11.8 Å². The van der Waals surface area contributed by atoms with Gasteiger partial charge in [0.05, 0.1) is 0 Å². The third-order valence-corrected chi connectivity index (χ3v) is 2.87. The van der Waals surface area contributed by atoms with Crippen LogP contribution in [0.25, 0.3) is 0 Å². The first-order valence-corrected chi connectivity index (χ1v) is 5.08. The molecule has 3 nitrogen and oxygen atoms in total. The van der Waals surface area contributed by atoms with E-state index in [1.165, 1.54) is 12.1 Å². The number of hydrogen-bond donors (Lipinski definition) is 2. The Morgan fingerprint density at radius 3 is 3.00 bits per heavy atom. The van der Waals surface area contributed by atoms with Crippen LogP contribution in [0, 0.1) is 5.82 Å². The molecular weight excluding hydrogens is 195 g/mol. The van der Waals surface area contributed by atoms with Crippen LogP contribution in [0.4, 0.5) is 4.39 Å². The zero-order valence-corrected chi connectivity index (χ0v) is 8.70. The number of nitrogens with one attached hydrogen (secondary N) is 1. The Morgan fingerprint density at radius 2 is 2.33 bits per heavy atom. The molecule has 0 radical (unpaired) electrons. The van der Waals surface area contributed by atoms with E-state index in [9.17, 15) is 4.39 Å². The van der Waals surface area contributed by atoms with Crippen LogP contribution in [0.1, 0.15) is 11.6 Å². The zero-order chi connectivity index (χ0) is 10.8. The van der Waals surface area contributed by atoms with Gasteiger partial charge in [-0.1, -0.05) is 6.07 Å². The number of nitrogens with zero attached hydrogens (tertiary/aromatic N) is 1. The van der Waals surface area contributed by atoms with Gasteiger partial charge in [0, 0.05) is 25.7 Å². The molecule has 1 aliphatic rings. The summed E-state index contributed by atoms with van der Waals surface area (Å²) in [5.74, 6) is -0.836. The van der Waals surface area contributed by atoms with E-state index in [0.717, 1.165) is 25.2 Å². The third kappa shape index (κ3) is 2.11. The van der Waals surface area contributed by atoms with Crippen molar-refractivity contribution < 1.29 is 9.50 Å². The van der Waals surface area contributed by atoms with Crippen molar-refractivity contribution in [2.45, 2.75) is 6.04 Å². The highest BCUT2D eigenvalue weighted by Crippen LogP contribution is 2.24. The van der Waals surface area contributed by atoms with Crippen molar-refractivity contribution in [3.63, 3.8) is 0 Å². The molecule has 1 fully saturated rings. The number of benzene rings is 1. The molecule has 15 heavy (non-hydrogen) atoms. The Hall–Kier alpha value is -1.13. The molecule has 1 aromatic carbocycles. The molecule has 4 heteroatoms. The van der Waals surface area contributed by atoms with Gasteiger partial charge in [-0.05, 0) is 24.7 Å². The maximum Gasteiger partial charge on any atom is 0.165 e. The van der Waals surface area contributed by atoms with Gasteiger partial charge in [-0.3, -0.25) is 4.90 Å². The highest BCUT2D eigenvalue weighted by molar-refractivity contribution is 5.30. The van der Waals surface area contributed by atoms with Gasteiger partial charge in [0.25, 0.3) is 0 Å². The van der Waals surface area contributed by atoms with Crippen LogP contribution < -0.4 is 5.32 Å². The lowest BCUT2D eigenvalue weighted by atomic mass is 10.0. The second kappa shape index (κ2) is 4.16. The lowest BCUT2D eigenvalue weighted by molar-refractivity contribution is 0.202. The lowest BCUT2D eigenvalue weighted by Crippen LogP contribution is -2.43. The zero-order valence-electron chi connectivity index (χ0n) is 8.70. The number of halogens is 1. The van der Waals surface area contributed by atoms with Gasteiger partial charge in [0.2, 0.25) is 0 Å². The standard InChI is InChI=1S/C11H15FN2O/c1-14-5-4-13-7-10(14)8-2-3-11(15)9(12)6-8/h2-3,6,10,13,15H,4-5,7H2,1H3. The molecule has 0 spiro atoms. The van der Waals surface area contributed by atoms with Gasteiger partial charge in [-0.2, -0.15) is 0 Å². The van der Waals surface area contributed by atoms with Crippen LogP contribution >= 0.6 is 0 Å². The van der Waals surface area contributed by atoms with E-state index in [1.54, 1.807) is 6.07 Å². The first-order valence-electron chi connectivity index (χ1n) is 5.08. The molecule has 0 saturated carbocycles. The van der Waals surface area contributed by atoms with E-state index in [1.807, 2.05) is 7.05 Å². The topological polar surface area (TPSA) is 35.5 Å². The number of phenols is 1. The highest BCUT2D eigenvalue weighted by atomic mass is 19.1. The van der Waals surface area contributed by atoms with Crippen LogP contribution in [0.2, 0.25) is 0 Å². The van der Waals surface area contributed by atoms with Crippen LogP contribution in [-0.2, 0) is 0 Å². The number of aromatic hydroxyl groups is 1. The normalized spacial score (nSPS) is 22.9. The number of phenolic OH excluding ortho intramolecular Hbond substituents is 1. The van der Waals surface area contributed by atoms with Gasteiger partial charge >= 0.3 is 0 Å². The molecule has 1 atom stereocenters. The fourth-order valence-electron chi connectivity index (χ4n) is 1.91. The molecule has 0 aromatic heterocycles. The molecular formula is C11H15FN2O. The van der Waals surface area contributed by atoms with Crippen molar-refractivity contribution in [3.05, 3.63) is 29.6 Å². The Bertz CT molecular complexity index is 356. The number of likely N-dealkylation sites (N-methyl/N-ethyl adjacent to an activating group) is 1. The molecule has 2 rings (SSSR count). The maximum atomic E-state index is 13.2.